The number of likely N-dealkylation sites (tertiary alicyclic amines) is 1. The van der Waals surface area contributed by atoms with Crippen LogP contribution in [0.3, 0.4) is 0 Å². The van der Waals surface area contributed by atoms with E-state index in [1.165, 1.54) is 11.1 Å². The average molecular weight is 338 g/mol. The third-order valence-electron chi connectivity index (χ3n) is 4.77. The number of nitrogens with one attached hydrogen (secondary N) is 1. The number of carbonyl (C=O) groups is 1. The number of benzene rings is 2. The summed E-state index contributed by atoms with van der Waals surface area (Å²) in [7, 11) is 0. The largest absolute Gasteiger partial charge is 0.486 e. The van der Waals surface area contributed by atoms with Crippen molar-refractivity contribution in [2.45, 2.75) is 25.8 Å². The van der Waals surface area contributed by atoms with Gasteiger partial charge in [0.1, 0.15) is 13.2 Å². The Morgan fingerprint density at radius 1 is 1.08 bits per heavy atom. The molecule has 130 valence electrons. The summed E-state index contributed by atoms with van der Waals surface area (Å²) in [4.78, 5) is 14.7. The van der Waals surface area contributed by atoms with E-state index in [-0.39, 0.29) is 12.1 Å². The molecule has 2 aliphatic rings. The number of fused-ring (bicyclic) bond motifs is 1. The van der Waals surface area contributed by atoms with E-state index in [9.17, 15) is 4.79 Å². The summed E-state index contributed by atoms with van der Waals surface area (Å²) in [6.07, 6.45) is 2.02. The predicted molar refractivity (Wildman–Crippen MR) is 96.3 cm³/mol. The van der Waals surface area contributed by atoms with Gasteiger partial charge in [-0.3, -0.25) is 0 Å². The van der Waals surface area contributed by atoms with Crippen LogP contribution >= 0.6 is 0 Å². The van der Waals surface area contributed by atoms with Crippen molar-refractivity contribution >= 4 is 11.7 Å². The lowest BCUT2D eigenvalue weighted by atomic mass is 10.0. The molecule has 25 heavy (non-hydrogen) atoms. The molecule has 2 aliphatic heterocycles. The molecule has 0 spiro atoms. The third kappa shape index (κ3) is 3.27. The molecule has 4 rings (SSSR count). The first-order chi connectivity index (χ1) is 12.2. The van der Waals surface area contributed by atoms with Crippen molar-refractivity contribution in [2.24, 2.45) is 0 Å². The average Bonchev–Trinajstić information content (AvgIpc) is 3.12. The van der Waals surface area contributed by atoms with Gasteiger partial charge in [-0.15, -0.1) is 0 Å². The summed E-state index contributed by atoms with van der Waals surface area (Å²) < 4.78 is 11.1. The second-order valence-corrected chi connectivity index (χ2v) is 6.55. The van der Waals surface area contributed by atoms with Crippen LogP contribution in [0.4, 0.5) is 10.5 Å². The molecule has 0 bridgehead atoms. The molecule has 2 aromatic carbocycles. The SMILES string of the molecule is Cc1ccc([C@H]2CCCN2C(=O)Nc2ccc3c(c2)OCCO3)cc1. The van der Waals surface area contributed by atoms with E-state index in [1.807, 2.05) is 23.1 Å². The highest BCUT2D eigenvalue weighted by Gasteiger charge is 2.30. The lowest BCUT2D eigenvalue weighted by Crippen LogP contribution is -2.34. The fourth-order valence-electron chi connectivity index (χ4n) is 3.46. The van der Waals surface area contributed by atoms with Gasteiger partial charge in [0, 0.05) is 18.3 Å². The van der Waals surface area contributed by atoms with Gasteiger partial charge in [0.05, 0.1) is 6.04 Å². The quantitative estimate of drug-likeness (QED) is 0.895. The predicted octanol–water partition coefficient (Wildman–Crippen LogP) is 4.14. The first-order valence-corrected chi connectivity index (χ1v) is 8.74. The molecule has 1 saturated heterocycles. The Morgan fingerprint density at radius 2 is 1.84 bits per heavy atom. The van der Waals surface area contributed by atoms with Gasteiger partial charge in [0.2, 0.25) is 0 Å². The Labute approximate surface area is 147 Å². The summed E-state index contributed by atoms with van der Waals surface area (Å²) in [5, 5.41) is 3.00. The van der Waals surface area contributed by atoms with Gasteiger partial charge in [-0.1, -0.05) is 29.8 Å². The molecule has 0 radical (unpaired) electrons. The Morgan fingerprint density at radius 3 is 2.64 bits per heavy atom. The van der Waals surface area contributed by atoms with Crippen LogP contribution in [0.15, 0.2) is 42.5 Å². The first-order valence-electron chi connectivity index (χ1n) is 8.74. The van der Waals surface area contributed by atoms with Crippen LogP contribution in [0.5, 0.6) is 11.5 Å². The molecule has 0 unspecified atom stereocenters. The number of urea groups is 1. The normalized spacial score (nSPS) is 18.9. The van der Waals surface area contributed by atoms with Crippen molar-refractivity contribution in [1.82, 2.24) is 4.90 Å². The van der Waals surface area contributed by atoms with Crippen molar-refractivity contribution in [2.75, 3.05) is 25.1 Å². The van der Waals surface area contributed by atoms with Gasteiger partial charge in [-0.05, 0) is 37.5 Å². The molecule has 2 heterocycles. The molecule has 1 atom stereocenters. The standard InChI is InChI=1S/C20H22N2O3/c1-14-4-6-15(7-5-14)17-3-2-10-22(17)20(23)21-16-8-9-18-19(13-16)25-12-11-24-18/h4-9,13,17H,2-3,10-12H2,1H3,(H,21,23)/t17-/m1/s1. The van der Waals surface area contributed by atoms with Gasteiger partial charge in [0.25, 0.3) is 0 Å². The number of ether oxygens (including phenoxy) is 2. The molecular formula is C20H22N2O3. The third-order valence-corrected chi connectivity index (χ3v) is 4.77. The van der Waals surface area contributed by atoms with E-state index in [0.29, 0.717) is 19.0 Å². The number of rotatable bonds is 2. The molecule has 0 aliphatic carbocycles. The van der Waals surface area contributed by atoms with E-state index in [4.69, 9.17) is 9.47 Å². The van der Waals surface area contributed by atoms with Crippen LogP contribution in [0.2, 0.25) is 0 Å². The number of hydrogen-bond donors (Lipinski definition) is 1. The summed E-state index contributed by atoms with van der Waals surface area (Å²) in [6.45, 7) is 3.94. The Bertz CT molecular complexity index is 773. The lowest BCUT2D eigenvalue weighted by molar-refractivity contribution is 0.171. The van der Waals surface area contributed by atoms with Crippen LogP contribution in [-0.2, 0) is 0 Å². The van der Waals surface area contributed by atoms with Crippen molar-refractivity contribution in [3.05, 3.63) is 53.6 Å². The van der Waals surface area contributed by atoms with Crippen LogP contribution < -0.4 is 14.8 Å². The smallest absolute Gasteiger partial charge is 0.322 e. The van der Waals surface area contributed by atoms with E-state index in [1.54, 1.807) is 0 Å². The Kier molecular flexibility index (Phi) is 4.22. The maximum atomic E-state index is 12.8. The van der Waals surface area contributed by atoms with Crippen LogP contribution in [0, 0.1) is 6.92 Å². The summed E-state index contributed by atoms with van der Waals surface area (Å²) in [6, 6.07) is 14.0. The van der Waals surface area contributed by atoms with Gasteiger partial charge < -0.3 is 19.7 Å². The Hall–Kier alpha value is -2.69. The molecule has 2 aromatic rings. The molecule has 1 N–H and O–H groups in total. The molecule has 2 amide bonds. The maximum Gasteiger partial charge on any atom is 0.322 e. The van der Waals surface area contributed by atoms with Crippen molar-refractivity contribution < 1.29 is 14.3 Å². The monoisotopic (exact) mass is 338 g/mol. The topological polar surface area (TPSA) is 50.8 Å². The van der Waals surface area contributed by atoms with Crippen molar-refractivity contribution in [1.29, 1.82) is 0 Å². The molecule has 0 aromatic heterocycles. The highest BCUT2D eigenvalue weighted by Crippen LogP contribution is 2.35. The van der Waals surface area contributed by atoms with E-state index in [0.717, 1.165) is 30.8 Å². The number of carbonyl (C=O) groups excluding carboxylic acids is 1. The highest BCUT2D eigenvalue weighted by molar-refractivity contribution is 5.90. The van der Waals surface area contributed by atoms with Crippen molar-refractivity contribution in [3.8, 4) is 11.5 Å². The minimum Gasteiger partial charge on any atom is -0.486 e. The number of nitrogens with zero attached hydrogens (tertiary/aromatic N) is 1. The van der Waals surface area contributed by atoms with Crippen LogP contribution in [0.25, 0.3) is 0 Å². The van der Waals surface area contributed by atoms with Crippen LogP contribution in [0.1, 0.15) is 30.0 Å². The maximum absolute atomic E-state index is 12.8. The van der Waals surface area contributed by atoms with Crippen LogP contribution in [-0.4, -0.2) is 30.7 Å². The molecule has 1 fully saturated rings. The molecule has 5 heteroatoms. The summed E-state index contributed by atoms with van der Waals surface area (Å²) in [5.41, 5.74) is 3.15. The Balaban J connectivity index is 1.49. The highest BCUT2D eigenvalue weighted by atomic mass is 16.6. The van der Waals surface area contributed by atoms with Crippen molar-refractivity contribution in [3.63, 3.8) is 0 Å². The molecule has 0 saturated carbocycles. The minimum atomic E-state index is -0.0697. The second kappa shape index (κ2) is 6.67. The summed E-state index contributed by atoms with van der Waals surface area (Å²) in [5.74, 6) is 1.41. The minimum absolute atomic E-state index is 0.0697. The second-order valence-electron chi connectivity index (χ2n) is 6.55. The van der Waals surface area contributed by atoms with E-state index in [2.05, 4.69) is 36.5 Å². The zero-order chi connectivity index (χ0) is 17.2. The zero-order valence-corrected chi connectivity index (χ0v) is 14.3. The summed E-state index contributed by atoms with van der Waals surface area (Å²) >= 11 is 0. The molecule has 5 nitrogen and oxygen atoms in total. The number of aryl methyl sites for hydroxylation is 1. The van der Waals surface area contributed by atoms with E-state index >= 15 is 0 Å². The fraction of sp³-hybridized carbons (Fsp3) is 0.350. The number of anilines is 1. The van der Waals surface area contributed by atoms with Gasteiger partial charge in [0.15, 0.2) is 11.5 Å². The van der Waals surface area contributed by atoms with Gasteiger partial charge in [-0.25, -0.2) is 4.79 Å². The van der Waals surface area contributed by atoms with Gasteiger partial charge >= 0.3 is 6.03 Å². The number of amides is 2. The molecular weight excluding hydrogens is 316 g/mol. The number of hydrogen-bond acceptors (Lipinski definition) is 3. The zero-order valence-electron chi connectivity index (χ0n) is 14.3. The van der Waals surface area contributed by atoms with E-state index < -0.39 is 0 Å². The lowest BCUT2D eigenvalue weighted by Gasteiger charge is -2.26. The van der Waals surface area contributed by atoms with Gasteiger partial charge in [-0.2, -0.15) is 0 Å². The fourth-order valence-corrected chi connectivity index (χ4v) is 3.46. The first kappa shape index (κ1) is 15.8.